The van der Waals surface area contributed by atoms with Gasteiger partial charge < -0.3 is 15.1 Å². The SMILES string of the molecule is Cc1nnc(-c2ccc(-c3cn4c(-c5ccc(C(=O)NC6CC6)cc5)cnc4c(NCC(C)C)n3)cc2)o1. The number of fused-ring (bicyclic) bond motifs is 1. The van der Waals surface area contributed by atoms with Crippen molar-refractivity contribution in [2.75, 3.05) is 11.9 Å². The molecule has 1 aliphatic rings. The first-order valence-corrected chi connectivity index (χ1v) is 12.9. The number of aromatic nitrogens is 5. The lowest BCUT2D eigenvalue weighted by Gasteiger charge is -2.13. The van der Waals surface area contributed by atoms with E-state index < -0.39 is 0 Å². The molecule has 9 heteroatoms. The van der Waals surface area contributed by atoms with Crippen LogP contribution in [0.1, 0.15) is 42.9 Å². The third-order valence-electron chi connectivity index (χ3n) is 6.48. The number of anilines is 1. The molecule has 3 aromatic heterocycles. The summed E-state index contributed by atoms with van der Waals surface area (Å²) in [6, 6.07) is 15.9. The van der Waals surface area contributed by atoms with E-state index in [4.69, 9.17) is 14.4 Å². The molecule has 0 saturated heterocycles. The van der Waals surface area contributed by atoms with Crippen LogP contribution in [0.25, 0.3) is 39.6 Å². The molecule has 0 bridgehead atoms. The first-order valence-electron chi connectivity index (χ1n) is 12.9. The predicted molar refractivity (Wildman–Crippen MR) is 146 cm³/mol. The molecule has 0 radical (unpaired) electrons. The summed E-state index contributed by atoms with van der Waals surface area (Å²) in [6.45, 7) is 6.86. The highest BCUT2D eigenvalue weighted by Crippen LogP contribution is 2.29. The molecule has 0 atom stereocenters. The zero-order chi connectivity index (χ0) is 26.2. The lowest BCUT2D eigenvalue weighted by atomic mass is 10.1. The average Bonchev–Trinajstić information content (AvgIpc) is 3.46. The summed E-state index contributed by atoms with van der Waals surface area (Å²) in [6.07, 6.45) is 5.97. The van der Waals surface area contributed by atoms with Crippen LogP contribution in [-0.2, 0) is 0 Å². The van der Waals surface area contributed by atoms with E-state index in [1.165, 1.54) is 0 Å². The number of nitrogens with one attached hydrogen (secondary N) is 2. The maximum absolute atomic E-state index is 12.4. The second-order valence-corrected chi connectivity index (χ2v) is 10.1. The molecular weight excluding hydrogens is 478 g/mol. The third kappa shape index (κ3) is 4.87. The van der Waals surface area contributed by atoms with Gasteiger partial charge in [0.15, 0.2) is 11.5 Å². The summed E-state index contributed by atoms with van der Waals surface area (Å²) in [5, 5.41) is 14.5. The zero-order valence-electron chi connectivity index (χ0n) is 21.6. The minimum atomic E-state index is -0.0250. The van der Waals surface area contributed by atoms with Crippen LogP contribution in [0, 0.1) is 12.8 Å². The second-order valence-electron chi connectivity index (χ2n) is 10.1. The van der Waals surface area contributed by atoms with Gasteiger partial charge in [0.05, 0.1) is 17.6 Å². The molecule has 192 valence electrons. The van der Waals surface area contributed by atoms with E-state index in [1.54, 1.807) is 6.92 Å². The number of benzene rings is 2. The van der Waals surface area contributed by atoms with Crippen LogP contribution < -0.4 is 10.6 Å². The molecule has 6 rings (SSSR count). The summed E-state index contributed by atoms with van der Waals surface area (Å²) < 4.78 is 7.62. The van der Waals surface area contributed by atoms with Gasteiger partial charge in [0.2, 0.25) is 11.8 Å². The Morgan fingerprint density at radius 3 is 2.39 bits per heavy atom. The van der Waals surface area contributed by atoms with Crippen molar-refractivity contribution in [1.82, 2.24) is 29.9 Å². The van der Waals surface area contributed by atoms with E-state index >= 15 is 0 Å². The standard InChI is InChI=1S/C29H29N7O2/c1-17(2)14-30-26-27-31-15-25(20-6-8-21(9-7-20)28(37)32-23-12-13-23)36(27)16-24(33-26)19-4-10-22(11-5-19)29-35-34-18(3)38-29/h4-11,15-17,23H,12-14H2,1-3H3,(H,30,33)(H,32,37). The minimum absolute atomic E-state index is 0.0250. The van der Waals surface area contributed by atoms with Gasteiger partial charge >= 0.3 is 0 Å². The normalized spacial score (nSPS) is 13.3. The van der Waals surface area contributed by atoms with Gasteiger partial charge in [0, 0.05) is 48.0 Å². The van der Waals surface area contributed by atoms with Crippen molar-refractivity contribution in [2.45, 2.75) is 39.7 Å². The fourth-order valence-corrected chi connectivity index (χ4v) is 4.25. The van der Waals surface area contributed by atoms with E-state index in [-0.39, 0.29) is 5.91 Å². The molecule has 1 fully saturated rings. The molecule has 38 heavy (non-hydrogen) atoms. The smallest absolute Gasteiger partial charge is 0.251 e. The number of nitrogens with zero attached hydrogens (tertiary/aromatic N) is 5. The first-order chi connectivity index (χ1) is 18.4. The second kappa shape index (κ2) is 9.74. The Bertz CT molecular complexity index is 1600. The summed E-state index contributed by atoms with van der Waals surface area (Å²) >= 11 is 0. The fourth-order valence-electron chi connectivity index (χ4n) is 4.25. The van der Waals surface area contributed by atoms with Crippen LogP contribution in [0.2, 0.25) is 0 Å². The Labute approximate surface area is 220 Å². The molecule has 5 aromatic rings. The van der Waals surface area contributed by atoms with Crippen molar-refractivity contribution in [3.05, 3.63) is 72.4 Å². The van der Waals surface area contributed by atoms with Crippen molar-refractivity contribution in [3.8, 4) is 34.0 Å². The lowest BCUT2D eigenvalue weighted by molar-refractivity contribution is 0.0951. The zero-order valence-corrected chi connectivity index (χ0v) is 21.6. The van der Waals surface area contributed by atoms with Gasteiger partial charge in [-0.2, -0.15) is 0 Å². The van der Waals surface area contributed by atoms with Crippen molar-refractivity contribution in [3.63, 3.8) is 0 Å². The number of hydrogen-bond acceptors (Lipinski definition) is 7. The molecule has 2 N–H and O–H groups in total. The first kappa shape index (κ1) is 23.8. The number of carbonyl (C=O) groups excluding carboxylic acids is 1. The molecule has 2 aromatic carbocycles. The van der Waals surface area contributed by atoms with Crippen LogP contribution >= 0.6 is 0 Å². The minimum Gasteiger partial charge on any atom is -0.421 e. The van der Waals surface area contributed by atoms with E-state index in [0.29, 0.717) is 29.3 Å². The van der Waals surface area contributed by atoms with Crippen molar-refractivity contribution in [1.29, 1.82) is 0 Å². The van der Waals surface area contributed by atoms with Gasteiger partial charge in [-0.05, 0) is 43.0 Å². The highest BCUT2D eigenvalue weighted by Gasteiger charge is 2.24. The number of imidazole rings is 1. The molecule has 0 spiro atoms. The van der Waals surface area contributed by atoms with Crippen molar-refractivity contribution in [2.24, 2.45) is 5.92 Å². The number of amides is 1. The number of carbonyl (C=O) groups is 1. The van der Waals surface area contributed by atoms with Gasteiger partial charge in [-0.1, -0.05) is 38.1 Å². The quantitative estimate of drug-likeness (QED) is 0.290. The molecule has 9 nitrogen and oxygen atoms in total. The summed E-state index contributed by atoms with van der Waals surface area (Å²) in [5.74, 6) is 2.16. The molecule has 0 aliphatic heterocycles. The van der Waals surface area contributed by atoms with Crippen LogP contribution in [0.4, 0.5) is 5.82 Å². The van der Waals surface area contributed by atoms with Gasteiger partial charge in [0.25, 0.3) is 5.91 Å². The molecule has 1 saturated carbocycles. The Hall–Kier alpha value is -4.53. The van der Waals surface area contributed by atoms with Crippen LogP contribution in [0.3, 0.4) is 0 Å². The maximum Gasteiger partial charge on any atom is 0.251 e. The van der Waals surface area contributed by atoms with E-state index in [9.17, 15) is 4.79 Å². The van der Waals surface area contributed by atoms with E-state index in [2.05, 4.69) is 39.1 Å². The fraction of sp³-hybridized carbons (Fsp3) is 0.276. The van der Waals surface area contributed by atoms with Crippen molar-refractivity contribution >= 4 is 17.4 Å². The number of aryl methyl sites for hydroxylation is 1. The van der Waals surface area contributed by atoms with E-state index in [0.717, 1.165) is 58.9 Å². The predicted octanol–water partition coefficient (Wildman–Crippen LogP) is 5.38. The Kier molecular flexibility index (Phi) is 6.11. The maximum atomic E-state index is 12.4. The summed E-state index contributed by atoms with van der Waals surface area (Å²) in [4.78, 5) is 22.1. The lowest BCUT2D eigenvalue weighted by Crippen LogP contribution is -2.25. The number of rotatable bonds is 8. The van der Waals surface area contributed by atoms with Crippen LogP contribution in [0.5, 0.6) is 0 Å². The van der Waals surface area contributed by atoms with Gasteiger partial charge in [-0.25, -0.2) is 9.97 Å². The summed E-state index contributed by atoms with van der Waals surface area (Å²) in [5.41, 5.74) is 5.90. The average molecular weight is 508 g/mol. The molecular formula is C29H29N7O2. The number of hydrogen-bond donors (Lipinski definition) is 2. The highest BCUT2D eigenvalue weighted by atomic mass is 16.4. The van der Waals surface area contributed by atoms with E-state index in [1.807, 2.05) is 60.9 Å². The Morgan fingerprint density at radius 2 is 1.74 bits per heavy atom. The van der Waals surface area contributed by atoms with Crippen LogP contribution in [-0.4, -0.2) is 43.1 Å². The largest absolute Gasteiger partial charge is 0.421 e. The highest BCUT2D eigenvalue weighted by molar-refractivity contribution is 5.95. The molecule has 0 unspecified atom stereocenters. The van der Waals surface area contributed by atoms with Gasteiger partial charge in [-0.3, -0.25) is 9.20 Å². The third-order valence-corrected chi connectivity index (χ3v) is 6.48. The topological polar surface area (TPSA) is 110 Å². The molecule has 1 aliphatic carbocycles. The monoisotopic (exact) mass is 507 g/mol. The summed E-state index contributed by atoms with van der Waals surface area (Å²) in [7, 11) is 0. The molecule has 1 amide bonds. The molecule has 3 heterocycles. The van der Waals surface area contributed by atoms with Gasteiger partial charge in [-0.15, -0.1) is 10.2 Å². The van der Waals surface area contributed by atoms with Crippen molar-refractivity contribution < 1.29 is 9.21 Å². The Balaban J connectivity index is 1.37. The van der Waals surface area contributed by atoms with Gasteiger partial charge in [0.1, 0.15) is 0 Å². The van der Waals surface area contributed by atoms with Crippen LogP contribution in [0.15, 0.2) is 65.3 Å². The Morgan fingerprint density at radius 1 is 1.03 bits per heavy atom.